The summed E-state index contributed by atoms with van der Waals surface area (Å²) in [6.07, 6.45) is -3.71. The molecule has 0 amide bonds. The van der Waals surface area contributed by atoms with E-state index in [1.54, 1.807) is 6.07 Å². The smallest absolute Gasteiger partial charge is 0.369 e. The molecule has 6 nitrogen and oxygen atoms in total. The van der Waals surface area contributed by atoms with Crippen LogP contribution < -0.4 is 5.32 Å². The third kappa shape index (κ3) is 3.35. The first kappa shape index (κ1) is 14.5. The molecule has 0 atom stereocenters. The van der Waals surface area contributed by atoms with Gasteiger partial charge in [-0.05, 0) is 39.2 Å². The van der Waals surface area contributed by atoms with Gasteiger partial charge in [-0.25, -0.2) is 0 Å². The van der Waals surface area contributed by atoms with Gasteiger partial charge in [0, 0.05) is 6.54 Å². The lowest BCUT2D eigenvalue weighted by Gasteiger charge is -2.10. The number of hydrogen-bond donors (Lipinski definition) is 1. The van der Waals surface area contributed by atoms with E-state index in [1.807, 2.05) is 19.0 Å². The maximum Gasteiger partial charge on any atom is 0.453 e. The Labute approximate surface area is 113 Å². The lowest BCUT2D eigenvalue weighted by Crippen LogP contribution is -2.17. The van der Waals surface area contributed by atoms with Crippen molar-refractivity contribution in [1.29, 1.82) is 0 Å². The van der Waals surface area contributed by atoms with Gasteiger partial charge >= 0.3 is 6.18 Å². The highest BCUT2D eigenvalue weighted by Gasteiger charge is 2.37. The minimum atomic E-state index is -4.57. The van der Waals surface area contributed by atoms with Gasteiger partial charge in [-0.3, -0.25) is 0 Å². The summed E-state index contributed by atoms with van der Waals surface area (Å²) in [6.45, 7) is 1.51. The van der Waals surface area contributed by atoms with E-state index in [2.05, 4.69) is 20.6 Å². The minimum Gasteiger partial charge on any atom is -0.369 e. The Bertz CT molecular complexity index is 577. The highest BCUT2D eigenvalue weighted by atomic mass is 19.4. The Morgan fingerprint density at radius 3 is 2.65 bits per heavy atom. The van der Waals surface area contributed by atoms with E-state index < -0.39 is 12.0 Å². The standard InChI is InChI=1S/C11H15F3N6/c1-19(2)7-3-6-15-8-4-5-9-16-17-10(11(12,13)14)20(9)18-8/h4-5H,3,6-7H2,1-2H3,(H,15,18). The number of fused-ring (bicyclic) bond motifs is 1. The zero-order valence-electron chi connectivity index (χ0n) is 11.1. The van der Waals surface area contributed by atoms with E-state index in [9.17, 15) is 13.2 Å². The Hall–Kier alpha value is -1.90. The van der Waals surface area contributed by atoms with Crippen molar-refractivity contribution in [2.75, 3.05) is 32.5 Å². The molecule has 2 aromatic rings. The van der Waals surface area contributed by atoms with Crippen molar-refractivity contribution in [3.8, 4) is 0 Å². The number of halogens is 3. The molecule has 0 fully saturated rings. The number of hydrogen-bond acceptors (Lipinski definition) is 5. The molecular formula is C11H15F3N6. The van der Waals surface area contributed by atoms with E-state index in [0.717, 1.165) is 13.0 Å². The molecule has 2 heterocycles. The van der Waals surface area contributed by atoms with E-state index in [-0.39, 0.29) is 5.65 Å². The van der Waals surface area contributed by atoms with Crippen molar-refractivity contribution in [3.63, 3.8) is 0 Å². The predicted octanol–water partition coefficient (Wildman–Crippen LogP) is 1.51. The largest absolute Gasteiger partial charge is 0.453 e. The molecule has 0 bridgehead atoms. The van der Waals surface area contributed by atoms with E-state index in [4.69, 9.17) is 0 Å². The van der Waals surface area contributed by atoms with Crippen LogP contribution in [0.2, 0.25) is 0 Å². The molecule has 0 aliphatic rings. The topological polar surface area (TPSA) is 58.3 Å². The Morgan fingerprint density at radius 2 is 2.00 bits per heavy atom. The molecule has 0 aliphatic carbocycles. The molecule has 0 saturated heterocycles. The van der Waals surface area contributed by atoms with Crippen molar-refractivity contribution >= 4 is 11.5 Å². The van der Waals surface area contributed by atoms with Crippen molar-refractivity contribution < 1.29 is 13.2 Å². The van der Waals surface area contributed by atoms with Crippen LogP contribution in [0.3, 0.4) is 0 Å². The third-order valence-corrected chi connectivity index (χ3v) is 2.60. The number of aromatic nitrogens is 4. The fourth-order valence-corrected chi connectivity index (χ4v) is 1.67. The first-order chi connectivity index (χ1) is 9.38. The molecule has 110 valence electrons. The fourth-order valence-electron chi connectivity index (χ4n) is 1.67. The van der Waals surface area contributed by atoms with Gasteiger partial charge in [-0.1, -0.05) is 0 Å². The van der Waals surface area contributed by atoms with Gasteiger partial charge in [-0.2, -0.15) is 17.7 Å². The van der Waals surface area contributed by atoms with Crippen molar-refractivity contribution in [2.45, 2.75) is 12.6 Å². The first-order valence-corrected chi connectivity index (χ1v) is 6.06. The number of nitrogens with one attached hydrogen (secondary N) is 1. The molecule has 0 aromatic carbocycles. The third-order valence-electron chi connectivity index (χ3n) is 2.60. The second-order valence-electron chi connectivity index (χ2n) is 4.59. The van der Waals surface area contributed by atoms with Crippen LogP contribution in [0.25, 0.3) is 5.65 Å². The zero-order valence-corrected chi connectivity index (χ0v) is 11.1. The summed E-state index contributed by atoms with van der Waals surface area (Å²) < 4.78 is 38.8. The molecule has 0 radical (unpaired) electrons. The van der Waals surface area contributed by atoms with E-state index in [1.165, 1.54) is 6.07 Å². The van der Waals surface area contributed by atoms with Crippen molar-refractivity contribution in [3.05, 3.63) is 18.0 Å². The average Bonchev–Trinajstić information content (AvgIpc) is 2.77. The molecule has 2 rings (SSSR count). The molecule has 2 aromatic heterocycles. The van der Waals surface area contributed by atoms with E-state index >= 15 is 0 Å². The maximum absolute atomic E-state index is 12.7. The highest BCUT2D eigenvalue weighted by Crippen LogP contribution is 2.27. The zero-order chi connectivity index (χ0) is 14.8. The molecule has 0 saturated carbocycles. The highest BCUT2D eigenvalue weighted by molar-refractivity contribution is 5.44. The lowest BCUT2D eigenvalue weighted by atomic mass is 10.4. The molecule has 1 N–H and O–H groups in total. The molecule has 0 unspecified atom stereocenters. The van der Waals surface area contributed by atoms with Crippen LogP contribution in [0.15, 0.2) is 12.1 Å². The van der Waals surface area contributed by atoms with Gasteiger partial charge in [0.05, 0.1) is 0 Å². The van der Waals surface area contributed by atoms with Crippen LogP contribution in [0.1, 0.15) is 12.2 Å². The monoisotopic (exact) mass is 288 g/mol. The fraction of sp³-hybridized carbons (Fsp3) is 0.545. The van der Waals surface area contributed by atoms with Gasteiger partial charge in [0.1, 0.15) is 5.82 Å². The number of nitrogens with zero attached hydrogens (tertiary/aromatic N) is 5. The van der Waals surface area contributed by atoms with Gasteiger partial charge < -0.3 is 10.2 Å². The van der Waals surface area contributed by atoms with Crippen LogP contribution in [-0.2, 0) is 6.18 Å². The first-order valence-electron chi connectivity index (χ1n) is 6.06. The number of alkyl halides is 3. The van der Waals surface area contributed by atoms with Crippen LogP contribution in [-0.4, -0.2) is 51.9 Å². The Kier molecular flexibility index (Phi) is 4.07. The summed E-state index contributed by atoms with van der Waals surface area (Å²) in [5, 5.41) is 13.4. The predicted molar refractivity (Wildman–Crippen MR) is 67.4 cm³/mol. The number of rotatable bonds is 5. The summed E-state index contributed by atoms with van der Waals surface area (Å²) in [5.41, 5.74) is 0.0659. The number of anilines is 1. The normalized spacial score (nSPS) is 12.3. The molecule has 20 heavy (non-hydrogen) atoms. The van der Waals surface area contributed by atoms with E-state index in [0.29, 0.717) is 16.9 Å². The summed E-state index contributed by atoms with van der Waals surface area (Å²) in [7, 11) is 3.91. The molecule has 0 aliphatic heterocycles. The van der Waals surface area contributed by atoms with Crippen LogP contribution in [0.5, 0.6) is 0 Å². The second-order valence-corrected chi connectivity index (χ2v) is 4.59. The SMILES string of the molecule is CN(C)CCCNc1ccc2nnc(C(F)(F)F)n2n1. The Morgan fingerprint density at radius 1 is 1.25 bits per heavy atom. The van der Waals surface area contributed by atoms with Gasteiger partial charge in [0.25, 0.3) is 5.82 Å². The lowest BCUT2D eigenvalue weighted by molar-refractivity contribution is -0.146. The summed E-state index contributed by atoms with van der Waals surface area (Å²) in [5.74, 6) is -0.758. The van der Waals surface area contributed by atoms with Crippen LogP contribution in [0.4, 0.5) is 19.0 Å². The molecular weight excluding hydrogens is 273 g/mol. The minimum absolute atomic E-state index is 0.0659. The van der Waals surface area contributed by atoms with Crippen molar-refractivity contribution in [2.24, 2.45) is 0 Å². The Balaban J connectivity index is 2.12. The molecule has 0 spiro atoms. The summed E-state index contributed by atoms with van der Waals surface area (Å²) in [6, 6.07) is 3.03. The van der Waals surface area contributed by atoms with Crippen LogP contribution >= 0.6 is 0 Å². The maximum atomic E-state index is 12.7. The quantitative estimate of drug-likeness (QED) is 0.845. The van der Waals surface area contributed by atoms with Crippen molar-refractivity contribution in [1.82, 2.24) is 24.7 Å². The van der Waals surface area contributed by atoms with Gasteiger partial charge in [0.15, 0.2) is 5.65 Å². The van der Waals surface area contributed by atoms with Gasteiger partial charge in [-0.15, -0.1) is 15.3 Å². The second kappa shape index (κ2) is 5.61. The molecule has 9 heteroatoms. The van der Waals surface area contributed by atoms with Gasteiger partial charge in [0.2, 0.25) is 0 Å². The summed E-state index contributed by atoms with van der Waals surface area (Å²) >= 11 is 0. The average molecular weight is 288 g/mol. The summed E-state index contributed by atoms with van der Waals surface area (Å²) in [4.78, 5) is 2.03. The van der Waals surface area contributed by atoms with Crippen LogP contribution in [0, 0.1) is 0 Å².